The summed E-state index contributed by atoms with van der Waals surface area (Å²) >= 11 is 0. The zero-order valence-corrected chi connectivity index (χ0v) is 10.1. The van der Waals surface area contributed by atoms with E-state index >= 15 is 0 Å². The Bertz CT molecular complexity index is 369. The van der Waals surface area contributed by atoms with Gasteiger partial charge in [0, 0.05) is 25.7 Å². The predicted octanol–water partition coefficient (Wildman–Crippen LogP) is 2.16. The van der Waals surface area contributed by atoms with E-state index in [0.717, 1.165) is 19.4 Å². The normalized spacial score (nSPS) is 10.2. The quantitative estimate of drug-likeness (QED) is 0.582. The number of hydrogen-bond donors (Lipinski definition) is 1. The molecule has 0 radical (unpaired) electrons. The van der Waals surface area contributed by atoms with Crippen LogP contribution in [0.15, 0.2) is 24.3 Å². The number of unbranched alkanes of at least 4 members (excludes halogenated alkanes) is 1. The van der Waals surface area contributed by atoms with Gasteiger partial charge in [0.1, 0.15) is 5.69 Å². The number of nitro groups is 1. The molecule has 1 aromatic carbocycles. The first kappa shape index (κ1) is 13.4. The molecular formula is C12H19N3O2. The fourth-order valence-electron chi connectivity index (χ4n) is 1.74. The lowest BCUT2D eigenvalue weighted by atomic mass is 10.2. The standard InChI is InChI=1S/C12H19N3O2/c1-2-3-9-14(10-8-13)11-6-4-5-7-12(11)15(16)17/h4-7H,2-3,8-10,13H2,1H3. The number of nitrogens with zero attached hydrogens (tertiary/aromatic N) is 2. The van der Waals surface area contributed by atoms with E-state index in [9.17, 15) is 10.1 Å². The third-order valence-corrected chi connectivity index (χ3v) is 2.60. The van der Waals surface area contributed by atoms with Crippen LogP contribution in [0.3, 0.4) is 0 Å². The molecule has 5 heteroatoms. The van der Waals surface area contributed by atoms with E-state index in [1.807, 2.05) is 11.0 Å². The van der Waals surface area contributed by atoms with E-state index in [0.29, 0.717) is 18.8 Å². The smallest absolute Gasteiger partial charge is 0.292 e. The first-order valence-corrected chi connectivity index (χ1v) is 5.89. The second-order valence-corrected chi connectivity index (χ2v) is 3.88. The van der Waals surface area contributed by atoms with Gasteiger partial charge in [-0.1, -0.05) is 25.5 Å². The molecule has 0 heterocycles. The molecule has 1 rings (SSSR count). The highest BCUT2D eigenvalue weighted by atomic mass is 16.6. The van der Waals surface area contributed by atoms with Gasteiger partial charge in [-0.25, -0.2) is 0 Å². The van der Waals surface area contributed by atoms with Crippen molar-refractivity contribution in [3.05, 3.63) is 34.4 Å². The van der Waals surface area contributed by atoms with E-state index < -0.39 is 0 Å². The van der Waals surface area contributed by atoms with Crippen molar-refractivity contribution in [1.82, 2.24) is 0 Å². The highest BCUT2D eigenvalue weighted by molar-refractivity contribution is 5.63. The van der Waals surface area contributed by atoms with Crippen LogP contribution in [0.5, 0.6) is 0 Å². The first-order chi connectivity index (χ1) is 8.20. The minimum atomic E-state index is -0.342. The fourth-order valence-corrected chi connectivity index (χ4v) is 1.74. The van der Waals surface area contributed by atoms with Crippen LogP contribution in [0, 0.1) is 10.1 Å². The minimum Gasteiger partial charge on any atom is -0.365 e. The van der Waals surface area contributed by atoms with Crippen molar-refractivity contribution in [2.75, 3.05) is 24.5 Å². The van der Waals surface area contributed by atoms with Gasteiger partial charge in [0.05, 0.1) is 4.92 Å². The molecule has 0 spiro atoms. The van der Waals surface area contributed by atoms with Crippen LogP contribution in [-0.2, 0) is 0 Å². The predicted molar refractivity (Wildman–Crippen MR) is 69.3 cm³/mol. The Morgan fingerprint density at radius 1 is 1.35 bits per heavy atom. The lowest BCUT2D eigenvalue weighted by Gasteiger charge is -2.23. The lowest BCUT2D eigenvalue weighted by molar-refractivity contribution is -0.384. The Labute approximate surface area is 101 Å². The Hall–Kier alpha value is -1.62. The van der Waals surface area contributed by atoms with Gasteiger partial charge in [-0.15, -0.1) is 0 Å². The molecule has 1 aromatic rings. The molecule has 94 valence electrons. The molecular weight excluding hydrogens is 218 g/mol. The molecule has 0 bridgehead atoms. The molecule has 0 aromatic heterocycles. The average molecular weight is 237 g/mol. The van der Waals surface area contributed by atoms with Crippen LogP contribution < -0.4 is 10.6 Å². The van der Waals surface area contributed by atoms with Gasteiger partial charge >= 0.3 is 0 Å². The monoisotopic (exact) mass is 237 g/mol. The van der Waals surface area contributed by atoms with Gasteiger partial charge in [-0.05, 0) is 12.5 Å². The maximum absolute atomic E-state index is 11.0. The molecule has 0 unspecified atom stereocenters. The van der Waals surface area contributed by atoms with Crippen LogP contribution >= 0.6 is 0 Å². The second-order valence-electron chi connectivity index (χ2n) is 3.88. The largest absolute Gasteiger partial charge is 0.365 e. The topological polar surface area (TPSA) is 72.4 Å². The number of rotatable bonds is 7. The van der Waals surface area contributed by atoms with Gasteiger partial charge in [0.15, 0.2) is 0 Å². The molecule has 5 nitrogen and oxygen atoms in total. The molecule has 0 aliphatic carbocycles. The zero-order chi connectivity index (χ0) is 12.7. The molecule has 0 aliphatic rings. The summed E-state index contributed by atoms with van der Waals surface area (Å²) in [6.45, 7) is 4.04. The number of benzene rings is 1. The molecule has 0 fully saturated rings. The summed E-state index contributed by atoms with van der Waals surface area (Å²) in [6.07, 6.45) is 2.06. The van der Waals surface area contributed by atoms with Crippen LogP contribution in [0.25, 0.3) is 0 Å². The highest BCUT2D eigenvalue weighted by Crippen LogP contribution is 2.27. The van der Waals surface area contributed by atoms with E-state index in [1.165, 1.54) is 6.07 Å². The lowest BCUT2D eigenvalue weighted by Crippen LogP contribution is -2.30. The summed E-state index contributed by atoms with van der Waals surface area (Å²) in [7, 11) is 0. The summed E-state index contributed by atoms with van der Waals surface area (Å²) in [6, 6.07) is 6.81. The summed E-state index contributed by atoms with van der Waals surface area (Å²) in [5, 5.41) is 11.0. The van der Waals surface area contributed by atoms with Crippen molar-refractivity contribution in [2.45, 2.75) is 19.8 Å². The third-order valence-electron chi connectivity index (χ3n) is 2.60. The van der Waals surface area contributed by atoms with E-state index in [4.69, 9.17) is 5.73 Å². The van der Waals surface area contributed by atoms with Crippen molar-refractivity contribution in [3.63, 3.8) is 0 Å². The zero-order valence-electron chi connectivity index (χ0n) is 10.1. The summed E-state index contributed by atoms with van der Waals surface area (Å²) < 4.78 is 0. The van der Waals surface area contributed by atoms with Crippen LogP contribution in [-0.4, -0.2) is 24.6 Å². The van der Waals surface area contributed by atoms with Gasteiger partial charge < -0.3 is 10.6 Å². The van der Waals surface area contributed by atoms with E-state index in [2.05, 4.69) is 6.92 Å². The van der Waals surface area contributed by atoms with Gasteiger partial charge in [0.2, 0.25) is 0 Å². The molecule has 0 aliphatic heterocycles. The van der Waals surface area contributed by atoms with Crippen molar-refractivity contribution >= 4 is 11.4 Å². The van der Waals surface area contributed by atoms with Crippen molar-refractivity contribution in [1.29, 1.82) is 0 Å². The summed E-state index contributed by atoms with van der Waals surface area (Å²) in [4.78, 5) is 12.6. The average Bonchev–Trinajstić information content (AvgIpc) is 2.34. The third kappa shape index (κ3) is 3.71. The Morgan fingerprint density at radius 3 is 2.65 bits per heavy atom. The maximum Gasteiger partial charge on any atom is 0.292 e. The van der Waals surface area contributed by atoms with Crippen molar-refractivity contribution < 1.29 is 4.92 Å². The molecule has 17 heavy (non-hydrogen) atoms. The second kappa shape index (κ2) is 6.85. The van der Waals surface area contributed by atoms with Crippen molar-refractivity contribution in [2.24, 2.45) is 5.73 Å². The van der Waals surface area contributed by atoms with Crippen LogP contribution in [0.1, 0.15) is 19.8 Å². The molecule has 2 N–H and O–H groups in total. The fraction of sp³-hybridized carbons (Fsp3) is 0.500. The summed E-state index contributed by atoms with van der Waals surface area (Å²) in [5.74, 6) is 0. The number of nitro benzene ring substituents is 1. The van der Waals surface area contributed by atoms with Crippen molar-refractivity contribution in [3.8, 4) is 0 Å². The van der Waals surface area contributed by atoms with E-state index in [-0.39, 0.29) is 10.6 Å². The number of hydrogen-bond acceptors (Lipinski definition) is 4. The number of nitrogens with two attached hydrogens (primary N) is 1. The maximum atomic E-state index is 11.0. The van der Waals surface area contributed by atoms with E-state index in [1.54, 1.807) is 12.1 Å². The Balaban J connectivity index is 2.95. The SMILES string of the molecule is CCCCN(CCN)c1ccccc1[N+](=O)[O-]. The molecule has 0 amide bonds. The van der Waals surface area contributed by atoms with Crippen LogP contribution in [0.2, 0.25) is 0 Å². The van der Waals surface area contributed by atoms with Crippen LogP contribution in [0.4, 0.5) is 11.4 Å². The molecule has 0 atom stereocenters. The summed E-state index contributed by atoms with van der Waals surface area (Å²) in [5.41, 5.74) is 6.37. The number of anilines is 1. The van der Waals surface area contributed by atoms with Gasteiger partial charge in [-0.2, -0.15) is 0 Å². The number of para-hydroxylation sites is 2. The van der Waals surface area contributed by atoms with Gasteiger partial charge in [0.25, 0.3) is 5.69 Å². The molecule has 0 saturated heterocycles. The van der Waals surface area contributed by atoms with Gasteiger partial charge in [-0.3, -0.25) is 10.1 Å². The minimum absolute atomic E-state index is 0.150. The molecule has 0 saturated carbocycles. The Kier molecular flexibility index (Phi) is 5.42. The first-order valence-electron chi connectivity index (χ1n) is 5.89. The highest BCUT2D eigenvalue weighted by Gasteiger charge is 2.17. The Morgan fingerprint density at radius 2 is 2.06 bits per heavy atom.